The lowest BCUT2D eigenvalue weighted by molar-refractivity contribution is 0.132. The zero-order chi connectivity index (χ0) is 9.68. The maximum Gasteiger partial charge on any atom is 0.105 e. The summed E-state index contributed by atoms with van der Waals surface area (Å²) in [7, 11) is 0. The molecular weight excluding hydrogens is 166 g/mol. The van der Waals surface area contributed by atoms with Crippen molar-refractivity contribution in [2.75, 3.05) is 19.8 Å². The molecule has 0 aliphatic carbocycles. The Morgan fingerprint density at radius 3 is 2.77 bits per heavy atom. The van der Waals surface area contributed by atoms with Gasteiger partial charge in [-0.3, -0.25) is 0 Å². The second-order valence-corrected chi connectivity index (χ2v) is 3.00. The molecule has 0 bridgehead atoms. The topological polar surface area (TPSA) is 53.1 Å². The lowest BCUT2D eigenvalue weighted by atomic mass is 10.5. The molecule has 4 nitrogen and oxygen atoms in total. The number of rotatable bonds is 5. The fourth-order valence-electron chi connectivity index (χ4n) is 1.26. The standard InChI is InChI=1S/C9H17N3O/c1-8-7-11-9(2)12(8)4-6-13-5-3-10/h7H,3-6,10H2,1-2H3. The summed E-state index contributed by atoms with van der Waals surface area (Å²) < 4.78 is 7.43. The smallest absolute Gasteiger partial charge is 0.105 e. The molecule has 0 fully saturated rings. The molecule has 2 N–H and O–H groups in total. The van der Waals surface area contributed by atoms with Gasteiger partial charge < -0.3 is 15.0 Å². The highest BCUT2D eigenvalue weighted by Crippen LogP contribution is 2.02. The molecule has 0 amide bonds. The Hall–Kier alpha value is -0.870. The minimum atomic E-state index is 0.585. The van der Waals surface area contributed by atoms with Crippen LogP contribution >= 0.6 is 0 Å². The third-order valence-electron chi connectivity index (χ3n) is 1.98. The van der Waals surface area contributed by atoms with E-state index in [1.807, 2.05) is 20.0 Å². The molecule has 0 radical (unpaired) electrons. The zero-order valence-corrected chi connectivity index (χ0v) is 8.29. The molecule has 0 aromatic carbocycles. The van der Waals surface area contributed by atoms with E-state index in [1.165, 1.54) is 5.69 Å². The van der Waals surface area contributed by atoms with Crippen molar-refractivity contribution in [2.24, 2.45) is 5.73 Å². The summed E-state index contributed by atoms with van der Waals surface area (Å²) >= 11 is 0. The summed E-state index contributed by atoms with van der Waals surface area (Å²) in [6.07, 6.45) is 1.87. The van der Waals surface area contributed by atoms with E-state index in [4.69, 9.17) is 10.5 Å². The number of aromatic nitrogens is 2. The van der Waals surface area contributed by atoms with Crippen LogP contribution in [-0.4, -0.2) is 29.3 Å². The molecular formula is C9H17N3O. The average molecular weight is 183 g/mol. The highest BCUT2D eigenvalue weighted by molar-refractivity contribution is 5.01. The molecule has 1 aromatic rings. The van der Waals surface area contributed by atoms with Crippen LogP contribution in [0.15, 0.2) is 6.20 Å². The Labute approximate surface area is 78.7 Å². The van der Waals surface area contributed by atoms with Crippen molar-refractivity contribution in [1.29, 1.82) is 0 Å². The molecule has 0 unspecified atom stereocenters. The monoisotopic (exact) mass is 183 g/mol. The normalized spacial score (nSPS) is 10.7. The number of hydrogen-bond donors (Lipinski definition) is 1. The van der Waals surface area contributed by atoms with Gasteiger partial charge in [-0.05, 0) is 13.8 Å². The van der Waals surface area contributed by atoms with E-state index in [9.17, 15) is 0 Å². The van der Waals surface area contributed by atoms with Crippen LogP contribution in [0.2, 0.25) is 0 Å². The van der Waals surface area contributed by atoms with Gasteiger partial charge in [-0.2, -0.15) is 0 Å². The van der Waals surface area contributed by atoms with Crippen LogP contribution in [0.1, 0.15) is 11.5 Å². The van der Waals surface area contributed by atoms with E-state index in [2.05, 4.69) is 9.55 Å². The lowest BCUT2D eigenvalue weighted by Gasteiger charge is -2.07. The van der Waals surface area contributed by atoms with Gasteiger partial charge in [0, 0.05) is 25.0 Å². The molecule has 1 heterocycles. The molecule has 1 aromatic heterocycles. The molecule has 1 rings (SSSR count). The molecule has 0 saturated heterocycles. The van der Waals surface area contributed by atoms with Crippen molar-refractivity contribution in [1.82, 2.24) is 9.55 Å². The fourth-order valence-corrected chi connectivity index (χ4v) is 1.26. The summed E-state index contributed by atoms with van der Waals surface area (Å²) in [6.45, 7) is 6.82. The quantitative estimate of drug-likeness (QED) is 0.675. The number of hydrogen-bond acceptors (Lipinski definition) is 3. The largest absolute Gasteiger partial charge is 0.378 e. The van der Waals surface area contributed by atoms with Crippen LogP contribution in [0.4, 0.5) is 0 Å². The van der Waals surface area contributed by atoms with E-state index in [1.54, 1.807) is 0 Å². The van der Waals surface area contributed by atoms with E-state index in [0.717, 1.165) is 12.4 Å². The van der Waals surface area contributed by atoms with Crippen LogP contribution in [0, 0.1) is 13.8 Å². The van der Waals surface area contributed by atoms with Gasteiger partial charge in [-0.15, -0.1) is 0 Å². The predicted octanol–water partition coefficient (Wildman–Crippen LogP) is 0.475. The van der Waals surface area contributed by atoms with Gasteiger partial charge in [0.05, 0.1) is 13.2 Å². The zero-order valence-electron chi connectivity index (χ0n) is 8.29. The molecule has 13 heavy (non-hydrogen) atoms. The Morgan fingerprint density at radius 1 is 1.46 bits per heavy atom. The molecule has 0 spiro atoms. The van der Waals surface area contributed by atoms with Gasteiger partial charge in [0.2, 0.25) is 0 Å². The van der Waals surface area contributed by atoms with Crippen LogP contribution in [0.25, 0.3) is 0 Å². The highest BCUT2D eigenvalue weighted by Gasteiger charge is 2.00. The van der Waals surface area contributed by atoms with Gasteiger partial charge in [0.1, 0.15) is 5.82 Å². The fraction of sp³-hybridized carbons (Fsp3) is 0.667. The molecule has 0 aliphatic heterocycles. The summed E-state index contributed by atoms with van der Waals surface area (Å²) in [5.74, 6) is 1.04. The van der Waals surface area contributed by atoms with Crippen molar-refractivity contribution in [3.05, 3.63) is 17.7 Å². The number of nitrogens with zero attached hydrogens (tertiary/aromatic N) is 2. The highest BCUT2D eigenvalue weighted by atomic mass is 16.5. The van der Waals surface area contributed by atoms with Crippen molar-refractivity contribution < 1.29 is 4.74 Å². The number of aryl methyl sites for hydroxylation is 2. The van der Waals surface area contributed by atoms with Gasteiger partial charge in [-0.25, -0.2) is 4.98 Å². The first-order chi connectivity index (χ1) is 6.25. The second-order valence-electron chi connectivity index (χ2n) is 3.00. The molecule has 4 heteroatoms. The van der Waals surface area contributed by atoms with E-state index in [-0.39, 0.29) is 0 Å². The average Bonchev–Trinajstić information content (AvgIpc) is 2.42. The number of ether oxygens (including phenoxy) is 1. The lowest BCUT2D eigenvalue weighted by Crippen LogP contribution is -2.13. The first kappa shape index (κ1) is 10.2. The molecule has 0 aliphatic rings. The number of imidazole rings is 1. The Morgan fingerprint density at radius 2 is 2.23 bits per heavy atom. The molecule has 0 atom stereocenters. The summed E-state index contributed by atoms with van der Waals surface area (Å²) in [5, 5.41) is 0. The Balaban J connectivity index is 2.36. The molecule has 0 saturated carbocycles. The van der Waals surface area contributed by atoms with Crippen molar-refractivity contribution in [2.45, 2.75) is 20.4 Å². The minimum absolute atomic E-state index is 0.585. The van der Waals surface area contributed by atoms with E-state index < -0.39 is 0 Å². The summed E-state index contributed by atoms with van der Waals surface area (Å²) in [6, 6.07) is 0. The third-order valence-corrected chi connectivity index (χ3v) is 1.98. The first-order valence-corrected chi connectivity index (χ1v) is 4.52. The first-order valence-electron chi connectivity index (χ1n) is 4.52. The summed E-state index contributed by atoms with van der Waals surface area (Å²) in [5.41, 5.74) is 6.48. The SMILES string of the molecule is Cc1cnc(C)n1CCOCCN. The van der Waals surface area contributed by atoms with E-state index in [0.29, 0.717) is 19.8 Å². The van der Waals surface area contributed by atoms with E-state index >= 15 is 0 Å². The van der Waals surface area contributed by atoms with Gasteiger partial charge in [-0.1, -0.05) is 0 Å². The van der Waals surface area contributed by atoms with Gasteiger partial charge >= 0.3 is 0 Å². The van der Waals surface area contributed by atoms with Crippen molar-refractivity contribution >= 4 is 0 Å². The third kappa shape index (κ3) is 2.82. The van der Waals surface area contributed by atoms with Crippen LogP contribution in [-0.2, 0) is 11.3 Å². The second kappa shape index (κ2) is 4.99. The maximum atomic E-state index is 5.30. The van der Waals surface area contributed by atoms with Gasteiger partial charge in [0.25, 0.3) is 0 Å². The van der Waals surface area contributed by atoms with Crippen molar-refractivity contribution in [3.8, 4) is 0 Å². The molecule has 74 valence electrons. The Kier molecular flexibility index (Phi) is 3.92. The minimum Gasteiger partial charge on any atom is -0.378 e. The number of nitrogens with two attached hydrogens (primary N) is 1. The van der Waals surface area contributed by atoms with Crippen LogP contribution in [0.3, 0.4) is 0 Å². The van der Waals surface area contributed by atoms with Crippen molar-refractivity contribution in [3.63, 3.8) is 0 Å². The summed E-state index contributed by atoms with van der Waals surface area (Å²) in [4.78, 5) is 4.20. The Bertz CT molecular complexity index is 238. The predicted molar refractivity (Wildman–Crippen MR) is 51.6 cm³/mol. The van der Waals surface area contributed by atoms with Crippen LogP contribution in [0.5, 0.6) is 0 Å². The van der Waals surface area contributed by atoms with Crippen LogP contribution < -0.4 is 5.73 Å². The maximum absolute atomic E-state index is 5.30. The van der Waals surface area contributed by atoms with Gasteiger partial charge in [0.15, 0.2) is 0 Å².